The Balaban J connectivity index is 1.20. The van der Waals surface area contributed by atoms with E-state index in [1.807, 2.05) is 0 Å². The van der Waals surface area contributed by atoms with E-state index in [1.165, 1.54) is 17.4 Å². The van der Waals surface area contributed by atoms with E-state index in [4.69, 9.17) is 23.2 Å². The van der Waals surface area contributed by atoms with Gasteiger partial charge < -0.3 is 10.0 Å². The Labute approximate surface area is 226 Å². The maximum Gasteiger partial charge on any atom is 0.335 e. The number of piperidine rings is 1. The van der Waals surface area contributed by atoms with Crippen LogP contribution < -0.4 is 4.90 Å². The number of carboxylic acid groups (broad SMARTS) is 1. The first kappa shape index (κ1) is 24.3. The third-order valence-corrected chi connectivity index (χ3v) is 8.54. The highest BCUT2D eigenvalue weighted by atomic mass is 35.5. The molecular formula is C26H22Cl2FN5O2S. The van der Waals surface area contributed by atoms with Gasteiger partial charge >= 0.3 is 5.97 Å². The van der Waals surface area contributed by atoms with Crippen molar-refractivity contribution in [3.8, 4) is 5.69 Å². The van der Waals surface area contributed by atoms with Crippen molar-refractivity contribution in [3.05, 3.63) is 69.2 Å². The second kappa shape index (κ2) is 9.70. The maximum atomic E-state index is 14.4. The first-order valence-corrected chi connectivity index (χ1v) is 13.6. The highest BCUT2D eigenvalue weighted by Crippen LogP contribution is 2.42. The van der Waals surface area contributed by atoms with E-state index in [9.17, 15) is 14.3 Å². The van der Waals surface area contributed by atoms with Crippen LogP contribution in [0.4, 0.5) is 9.52 Å². The lowest BCUT2D eigenvalue weighted by Gasteiger charge is -2.30. The number of allylic oxidation sites excluding steroid dienone is 1. The van der Waals surface area contributed by atoms with Crippen LogP contribution in [0.2, 0.25) is 10.0 Å². The molecule has 1 aliphatic carbocycles. The minimum absolute atomic E-state index is 0.0681. The number of benzene rings is 2. The van der Waals surface area contributed by atoms with Gasteiger partial charge in [0.2, 0.25) is 0 Å². The molecule has 1 saturated heterocycles. The fourth-order valence-corrected chi connectivity index (χ4v) is 6.34. The number of hydrogen-bond donors (Lipinski definition) is 1. The number of fused-ring (bicyclic) bond motifs is 1. The summed E-state index contributed by atoms with van der Waals surface area (Å²) in [5.41, 5.74) is 2.67. The third kappa shape index (κ3) is 4.71. The van der Waals surface area contributed by atoms with Crippen molar-refractivity contribution in [2.75, 3.05) is 18.0 Å². The van der Waals surface area contributed by atoms with Gasteiger partial charge in [-0.25, -0.2) is 18.9 Å². The summed E-state index contributed by atoms with van der Waals surface area (Å²) >= 11 is 14.3. The molecule has 7 nitrogen and oxygen atoms in total. The molecule has 2 aromatic carbocycles. The number of para-hydroxylation sites is 1. The van der Waals surface area contributed by atoms with E-state index in [1.54, 1.807) is 22.9 Å². The van der Waals surface area contributed by atoms with E-state index in [-0.39, 0.29) is 11.1 Å². The third-order valence-electron chi connectivity index (χ3n) is 6.87. The largest absolute Gasteiger partial charge is 0.478 e. The zero-order valence-corrected chi connectivity index (χ0v) is 21.9. The molecule has 0 bridgehead atoms. The van der Waals surface area contributed by atoms with Gasteiger partial charge in [-0.05, 0) is 61.9 Å². The molecule has 4 aromatic rings. The van der Waals surface area contributed by atoms with Gasteiger partial charge in [0.25, 0.3) is 0 Å². The summed E-state index contributed by atoms with van der Waals surface area (Å²) in [5.74, 6) is -0.997. The number of aromatic nitrogens is 4. The van der Waals surface area contributed by atoms with Crippen LogP contribution in [0.5, 0.6) is 0 Å². The van der Waals surface area contributed by atoms with Crippen molar-refractivity contribution in [1.82, 2.24) is 20.0 Å². The molecule has 2 aliphatic rings. The van der Waals surface area contributed by atoms with Crippen LogP contribution in [0.3, 0.4) is 0 Å². The average Bonchev–Trinajstić information content (AvgIpc) is 3.49. The monoisotopic (exact) mass is 557 g/mol. The number of hydrogen-bond acceptors (Lipinski definition) is 6. The number of carboxylic acids is 1. The lowest BCUT2D eigenvalue weighted by Crippen LogP contribution is -2.32. The van der Waals surface area contributed by atoms with Crippen LogP contribution in [-0.4, -0.2) is 44.1 Å². The van der Waals surface area contributed by atoms with Gasteiger partial charge in [0.1, 0.15) is 11.2 Å². The number of carbonyl (C=O) groups is 1. The van der Waals surface area contributed by atoms with Gasteiger partial charge in [-0.2, -0.15) is 0 Å². The van der Waals surface area contributed by atoms with Gasteiger partial charge in [0.05, 0.1) is 31.7 Å². The van der Waals surface area contributed by atoms with Crippen LogP contribution >= 0.6 is 34.5 Å². The van der Waals surface area contributed by atoms with Gasteiger partial charge in [-0.3, -0.25) is 0 Å². The molecule has 0 unspecified atom stereocenters. The van der Waals surface area contributed by atoms with Crippen LogP contribution in [-0.2, 0) is 0 Å². The lowest BCUT2D eigenvalue weighted by atomic mass is 9.96. The molecule has 1 N–H and O–H groups in total. The molecule has 11 heteroatoms. The second-order valence-electron chi connectivity index (χ2n) is 9.41. The average molecular weight is 558 g/mol. The highest BCUT2D eigenvalue weighted by Gasteiger charge is 2.31. The van der Waals surface area contributed by atoms with Gasteiger partial charge in [0, 0.05) is 19.0 Å². The van der Waals surface area contributed by atoms with Crippen molar-refractivity contribution in [2.24, 2.45) is 5.92 Å². The van der Waals surface area contributed by atoms with E-state index < -0.39 is 11.8 Å². The van der Waals surface area contributed by atoms with Gasteiger partial charge in [-0.15, -0.1) is 5.10 Å². The Morgan fingerprint density at radius 2 is 1.86 bits per heavy atom. The van der Waals surface area contributed by atoms with E-state index >= 15 is 0 Å². The van der Waals surface area contributed by atoms with E-state index in [2.05, 4.69) is 32.3 Å². The Morgan fingerprint density at radius 1 is 1.14 bits per heavy atom. The fraction of sp³-hybridized carbons (Fsp3) is 0.308. The van der Waals surface area contributed by atoms with Crippen molar-refractivity contribution >= 4 is 61.9 Å². The summed E-state index contributed by atoms with van der Waals surface area (Å²) in [7, 11) is 0. The molecule has 0 spiro atoms. The summed E-state index contributed by atoms with van der Waals surface area (Å²) in [6.07, 6.45) is 8.31. The SMILES string of the molecule is O=C(O)c1cc(F)c2nc(N3CCC(C=Cc4c(C5CC5)nnn4-c4c(Cl)cccc4Cl)CC3)sc2c1. The Kier molecular flexibility index (Phi) is 6.38. The van der Waals surface area contributed by atoms with E-state index in [0.717, 1.165) is 56.2 Å². The first-order chi connectivity index (χ1) is 17.9. The Hall–Kier alpha value is -3.01. The fourth-order valence-electron chi connectivity index (χ4n) is 4.71. The molecule has 37 heavy (non-hydrogen) atoms. The van der Waals surface area contributed by atoms with Gasteiger partial charge in [-0.1, -0.05) is 51.9 Å². The molecule has 190 valence electrons. The van der Waals surface area contributed by atoms with Crippen LogP contribution in [0, 0.1) is 11.7 Å². The Bertz CT molecular complexity index is 1520. The summed E-state index contributed by atoms with van der Waals surface area (Å²) in [5, 5.41) is 19.8. The molecule has 1 saturated carbocycles. The predicted molar refractivity (Wildman–Crippen MR) is 144 cm³/mol. The number of rotatable bonds is 6. The molecule has 1 aliphatic heterocycles. The normalized spacial score (nSPS) is 16.8. The van der Waals surface area contributed by atoms with Crippen molar-refractivity contribution < 1.29 is 14.3 Å². The predicted octanol–water partition coefficient (Wildman–Crippen LogP) is 6.83. The van der Waals surface area contributed by atoms with Crippen LogP contribution in [0.1, 0.15) is 53.3 Å². The van der Waals surface area contributed by atoms with Crippen LogP contribution in [0.25, 0.3) is 22.0 Å². The maximum absolute atomic E-state index is 14.4. The van der Waals surface area contributed by atoms with E-state index in [0.29, 0.717) is 37.4 Å². The highest BCUT2D eigenvalue weighted by molar-refractivity contribution is 7.22. The molecule has 0 amide bonds. The molecule has 2 fully saturated rings. The lowest BCUT2D eigenvalue weighted by molar-refractivity contribution is 0.0696. The zero-order valence-electron chi connectivity index (χ0n) is 19.6. The molecule has 3 heterocycles. The minimum atomic E-state index is -1.15. The summed E-state index contributed by atoms with van der Waals surface area (Å²) in [4.78, 5) is 17.9. The minimum Gasteiger partial charge on any atom is -0.478 e. The Morgan fingerprint density at radius 3 is 2.54 bits per heavy atom. The first-order valence-electron chi connectivity index (χ1n) is 12.1. The summed E-state index contributed by atoms with van der Waals surface area (Å²) in [6.45, 7) is 1.54. The molecule has 2 aromatic heterocycles. The van der Waals surface area contributed by atoms with Crippen molar-refractivity contribution in [3.63, 3.8) is 0 Å². The number of thiazole rings is 1. The molecule has 6 rings (SSSR count). The smallest absolute Gasteiger partial charge is 0.335 e. The second-order valence-corrected chi connectivity index (χ2v) is 11.2. The zero-order chi connectivity index (χ0) is 25.7. The van der Waals surface area contributed by atoms with Crippen LogP contribution in [0.15, 0.2) is 36.4 Å². The number of anilines is 1. The van der Waals surface area contributed by atoms with Crippen molar-refractivity contribution in [2.45, 2.75) is 31.6 Å². The number of halogens is 3. The summed E-state index contributed by atoms with van der Waals surface area (Å²) in [6, 6.07) is 7.90. The summed E-state index contributed by atoms with van der Waals surface area (Å²) < 4.78 is 16.7. The number of aromatic carboxylic acids is 1. The topological polar surface area (TPSA) is 84.1 Å². The standard InChI is InChI=1S/C26H22Cl2FN5O2S/c27-17-2-1-3-18(28)24(17)34-20(22(31-32-34)15-5-6-15)7-4-14-8-10-33(11-9-14)26-30-23-19(29)12-16(25(35)36)13-21(23)37-26/h1-4,7,12-15H,5-6,8-11H2,(H,35,36). The molecular weight excluding hydrogens is 536 g/mol. The molecule has 0 radical (unpaired) electrons. The quantitative estimate of drug-likeness (QED) is 0.279. The number of nitrogens with zero attached hydrogens (tertiary/aromatic N) is 5. The molecule has 0 atom stereocenters. The van der Waals surface area contributed by atoms with Crippen molar-refractivity contribution in [1.29, 1.82) is 0 Å². The van der Waals surface area contributed by atoms with Gasteiger partial charge in [0.15, 0.2) is 10.9 Å².